The van der Waals surface area contributed by atoms with E-state index in [1.165, 1.54) is 6.07 Å². The molecule has 2 nitrogen and oxygen atoms in total. The van der Waals surface area contributed by atoms with Gasteiger partial charge in [0.1, 0.15) is 5.75 Å². The van der Waals surface area contributed by atoms with Crippen molar-refractivity contribution in [3.8, 4) is 5.75 Å². The van der Waals surface area contributed by atoms with Gasteiger partial charge < -0.3 is 5.11 Å². The molecule has 3 rings (SSSR count). The minimum atomic E-state index is -0.0537. The second-order valence-corrected chi connectivity index (χ2v) is 5.50. The lowest BCUT2D eigenvalue weighted by molar-refractivity contribution is 0.104. The second-order valence-electron chi connectivity index (χ2n) is 4.69. The van der Waals surface area contributed by atoms with Gasteiger partial charge in [-0.25, -0.2) is 0 Å². The van der Waals surface area contributed by atoms with Crippen LogP contribution in [0.2, 0.25) is 10.0 Å². The van der Waals surface area contributed by atoms with Crippen molar-refractivity contribution < 1.29 is 9.90 Å². The number of ketones is 1. The van der Waals surface area contributed by atoms with Crippen molar-refractivity contribution in [2.45, 2.75) is 6.42 Å². The van der Waals surface area contributed by atoms with Crippen molar-refractivity contribution in [1.82, 2.24) is 0 Å². The Morgan fingerprint density at radius 1 is 1.05 bits per heavy atom. The number of Topliss-reactive ketones (excluding diaryl/α,β-unsaturated/α-hetero) is 1. The van der Waals surface area contributed by atoms with E-state index in [0.29, 0.717) is 27.6 Å². The topological polar surface area (TPSA) is 37.3 Å². The van der Waals surface area contributed by atoms with E-state index in [9.17, 15) is 9.90 Å². The van der Waals surface area contributed by atoms with Gasteiger partial charge in [0.2, 0.25) is 0 Å². The number of rotatable bonds is 1. The van der Waals surface area contributed by atoms with E-state index in [2.05, 4.69) is 0 Å². The normalized spacial score (nSPS) is 15.7. The van der Waals surface area contributed by atoms with Gasteiger partial charge in [-0.15, -0.1) is 0 Å². The fraction of sp³-hybridized carbons (Fsp3) is 0.0625. The van der Waals surface area contributed by atoms with Crippen LogP contribution in [-0.4, -0.2) is 10.9 Å². The van der Waals surface area contributed by atoms with Crippen LogP contribution in [0.25, 0.3) is 6.08 Å². The van der Waals surface area contributed by atoms with Crippen LogP contribution in [0.15, 0.2) is 42.0 Å². The van der Waals surface area contributed by atoms with Crippen LogP contribution >= 0.6 is 23.2 Å². The molecule has 0 unspecified atom stereocenters. The lowest BCUT2D eigenvalue weighted by Gasteiger charge is -1.99. The lowest BCUT2D eigenvalue weighted by Crippen LogP contribution is -1.95. The molecule has 100 valence electrons. The molecule has 0 aliphatic heterocycles. The molecular weight excluding hydrogens is 295 g/mol. The van der Waals surface area contributed by atoms with Crippen molar-refractivity contribution in [3.63, 3.8) is 0 Å². The molecule has 0 saturated heterocycles. The maximum absolute atomic E-state index is 12.3. The molecule has 0 heterocycles. The molecule has 0 saturated carbocycles. The quantitative estimate of drug-likeness (QED) is 0.786. The molecule has 20 heavy (non-hydrogen) atoms. The van der Waals surface area contributed by atoms with Crippen LogP contribution in [0, 0.1) is 0 Å². The Bertz CT molecular complexity index is 748. The summed E-state index contributed by atoms with van der Waals surface area (Å²) in [6.45, 7) is 0. The summed E-state index contributed by atoms with van der Waals surface area (Å²) < 4.78 is 0. The van der Waals surface area contributed by atoms with Crippen molar-refractivity contribution in [2.24, 2.45) is 0 Å². The molecule has 1 aliphatic rings. The summed E-state index contributed by atoms with van der Waals surface area (Å²) in [5, 5.41) is 10.4. The molecule has 0 amide bonds. The number of halogens is 2. The molecule has 0 radical (unpaired) electrons. The molecule has 1 aliphatic carbocycles. The van der Waals surface area contributed by atoms with E-state index in [4.69, 9.17) is 23.2 Å². The zero-order chi connectivity index (χ0) is 14.3. The summed E-state index contributed by atoms with van der Waals surface area (Å²) in [5.41, 5.74) is 3.01. The van der Waals surface area contributed by atoms with Gasteiger partial charge in [-0.05, 0) is 41.5 Å². The Labute approximate surface area is 126 Å². The maximum atomic E-state index is 12.3. The smallest absolute Gasteiger partial charge is 0.189 e. The van der Waals surface area contributed by atoms with Crippen LogP contribution in [0.4, 0.5) is 0 Å². The summed E-state index contributed by atoms with van der Waals surface area (Å²) in [4.78, 5) is 12.3. The monoisotopic (exact) mass is 304 g/mol. The highest BCUT2D eigenvalue weighted by Gasteiger charge is 2.24. The van der Waals surface area contributed by atoms with Crippen molar-refractivity contribution in [2.75, 3.05) is 0 Å². The Hall–Kier alpha value is -1.77. The first-order valence-electron chi connectivity index (χ1n) is 6.07. The summed E-state index contributed by atoms with van der Waals surface area (Å²) in [5.74, 6) is 0.0508. The Balaban J connectivity index is 1.99. The number of phenols is 1. The number of phenolic OH excluding ortho intramolecular Hbond substituents is 1. The van der Waals surface area contributed by atoms with Crippen LogP contribution in [0.3, 0.4) is 0 Å². The average molecular weight is 305 g/mol. The highest BCUT2D eigenvalue weighted by atomic mass is 35.5. The molecule has 0 fully saturated rings. The standard InChI is InChI=1S/C16H10Cl2O2/c17-14-4-1-9(6-15(14)18)5-11-7-10-2-3-12(19)8-13(10)16(11)20/h1-6,8,19H,7H2/b11-5+. The van der Waals surface area contributed by atoms with Crippen LogP contribution in [-0.2, 0) is 6.42 Å². The molecule has 0 spiro atoms. The van der Waals surface area contributed by atoms with E-state index in [0.717, 1.165) is 11.1 Å². The third-order valence-corrected chi connectivity index (χ3v) is 4.03. The zero-order valence-corrected chi connectivity index (χ0v) is 11.9. The first-order chi connectivity index (χ1) is 9.54. The Kier molecular flexibility index (Phi) is 3.28. The number of aromatic hydroxyl groups is 1. The van der Waals surface area contributed by atoms with Gasteiger partial charge in [0.15, 0.2) is 5.78 Å². The molecule has 0 aromatic heterocycles. The SMILES string of the molecule is O=C1/C(=C/c2ccc(Cl)c(Cl)c2)Cc2ccc(O)cc21. The number of fused-ring (bicyclic) bond motifs is 1. The van der Waals surface area contributed by atoms with Gasteiger partial charge in [-0.2, -0.15) is 0 Å². The lowest BCUT2D eigenvalue weighted by atomic mass is 10.1. The number of benzene rings is 2. The minimum Gasteiger partial charge on any atom is -0.508 e. The second kappa shape index (κ2) is 4.97. The molecule has 1 N–H and O–H groups in total. The fourth-order valence-corrected chi connectivity index (χ4v) is 2.61. The van der Waals surface area contributed by atoms with Crippen LogP contribution in [0.1, 0.15) is 21.5 Å². The van der Waals surface area contributed by atoms with E-state index < -0.39 is 0 Å². The third-order valence-electron chi connectivity index (χ3n) is 3.30. The van der Waals surface area contributed by atoms with Crippen LogP contribution < -0.4 is 0 Å². The van der Waals surface area contributed by atoms with Crippen molar-refractivity contribution in [3.05, 3.63) is 68.7 Å². The number of hydrogen-bond donors (Lipinski definition) is 1. The number of allylic oxidation sites excluding steroid dienone is 1. The first-order valence-corrected chi connectivity index (χ1v) is 6.82. The average Bonchev–Trinajstić information content (AvgIpc) is 2.71. The number of hydrogen-bond acceptors (Lipinski definition) is 2. The molecular formula is C16H10Cl2O2. The van der Waals surface area contributed by atoms with Crippen molar-refractivity contribution in [1.29, 1.82) is 0 Å². The summed E-state index contributed by atoms with van der Waals surface area (Å²) in [7, 11) is 0. The summed E-state index contributed by atoms with van der Waals surface area (Å²) in [6, 6.07) is 10.1. The molecule has 2 aromatic carbocycles. The van der Waals surface area contributed by atoms with Gasteiger partial charge in [-0.3, -0.25) is 4.79 Å². The molecule has 4 heteroatoms. The highest BCUT2D eigenvalue weighted by molar-refractivity contribution is 6.42. The summed E-state index contributed by atoms with van der Waals surface area (Å²) >= 11 is 11.8. The first kappa shape index (κ1) is 13.2. The van der Waals surface area contributed by atoms with Gasteiger partial charge in [0.05, 0.1) is 10.0 Å². The molecule has 0 atom stereocenters. The molecule has 0 bridgehead atoms. The Morgan fingerprint density at radius 2 is 1.85 bits per heavy atom. The van der Waals surface area contributed by atoms with Crippen LogP contribution in [0.5, 0.6) is 5.75 Å². The van der Waals surface area contributed by atoms with Gasteiger partial charge >= 0.3 is 0 Å². The Morgan fingerprint density at radius 3 is 2.60 bits per heavy atom. The highest BCUT2D eigenvalue weighted by Crippen LogP contribution is 2.31. The van der Waals surface area contributed by atoms with Crippen molar-refractivity contribution >= 4 is 35.1 Å². The van der Waals surface area contributed by atoms with E-state index in [1.54, 1.807) is 24.3 Å². The predicted molar refractivity (Wildman–Crippen MR) is 80.6 cm³/mol. The fourth-order valence-electron chi connectivity index (χ4n) is 2.31. The van der Waals surface area contributed by atoms with E-state index >= 15 is 0 Å². The van der Waals surface area contributed by atoms with E-state index in [-0.39, 0.29) is 11.5 Å². The molecule has 2 aromatic rings. The minimum absolute atomic E-state index is 0.0537. The van der Waals surface area contributed by atoms with Gasteiger partial charge in [0.25, 0.3) is 0 Å². The zero-order valence-electron chi connectivity index (χ0n) is 10.4. The number of carbonyl (C=O) groups excluding carboxylic acids is 1. The van der Waals surface area contributed by atoms with Gasteiger partial charge in [-0.1, -0.05) is 35.3 Å². The summed E-state index contributed by atoms with van der Waals surface area (Å²) in [6.07, 6.45) is 2.37. The maximum Gasteiger partial charge on any atom is 0.189 e. The largest absolute Gasteiger partial charge is 0.508 e. The van der Waals surface area contributed by atoms with Gasteiger partial charge in [0, 0.05) is 17.6 Å². The predicted octanol–water partition coefficient (Wildman–Crippen LogP) is 4.52. The third kappa shape index (κ3) is 2.33. The number of carbonyl (C=O) groups is 1. The van der Waals surface area contributed by atoms with E-state index in [1.807, 2.05) is 12.1 Å².